The van der Waals surface area contributed by atoms with Gasteiger partial charge in [-0.3, -0.25) is 14.3 Å². The maximum Gasteiger partial charge on any atom is 0.278 e. The predicted octanol–water partition coefficient (Wildman–Crippen LogP) is 1.69. The van der Waals surface area contributed by atoms with Crippen LogP contribution in [0.4, 0.5) is 5.69 Å². The molecule has 1 aromatic rings. The first-order chi connectivity index (χ1) is 9.22. The van der Waals surface area contributed by atoms with E-state index in [1.165, 1.54) is 6.07 Å². The number of aryl methyl sites for hydroxylation is 1. The lowest BCUT2D eigenvalue weighted by Crippen LogP contribution is -2.07. The van der Waals surface area contributed by atoms with Crippen molar-refractivity contribution in [3.05, 3.63) is 39.4 Å². The molecular weight excluding hydrogens is 286 g/mol. The minimum absolute atomic E-state index is 0.0600. The van der Waals surface area contributed by atoms with E-state index in [4.69, 9.17) is 0 Å². The third-order valence-electron chi connectivity index (χ3n) is 2.73. The molecule has 20 heavy (non-hydrogen) atoms. The summed E-state index contributed by atoms with van der Waals surface area (Å²) < 4.78 is 26.1. The van der Waals surface area contributed by atoms with Gasteiger partial charge in [0, 0.05) is 5.56 Å². The third kappa shape index (κ3) is 4.87. The molecule has 112 valence electrons. The van der Waals surface area contributed by atoms with Crippen LogP contribution in [0.3, 0.4) is 0 Å². The van der Waals surface area contributed by atoms with E-state index in [-0.39, 0.29) is 30.7 Å². The van der Waals surface area contributed by atoms with Gasteiger partial charge < -0.3 is 5.11 Å². The number of rotatable bonds is 7. The van der Waals surface area contributed by atoms with Crippen molar-refractivity contribution in [2.75, 3.05) is 12.9 Å². The normalized spacial score (nSPS) is 13.2. The Hall–Kier alpha value is -1.51. The summed E-state index contributed by atoms with van der Waals surface area (Å²) in [4.78, 5) is 10.5. The summed E-state index contributed by atoms with van der Waals surface area (Å²) in [6, 6.07) is 4.72. The van der Waals surface area contributed by atoms with Crippen molar-refractivity contribution in [3.63, 3.8) is 0 Å². The Morgan fingerprint density at radius 3 is 2.65 bits per heavy atom. The van der Waals surface area contributed by atoms with Crippen molar-refractivity contribution >= 4 is 15.8 Å². The molecule has 0 heterocycles. The zero-order chi connectivity index (χ0) is 15.3. The van der Waals surface area contributed by atoms with Gasteiger partial charge in [-0.1, -0.05) is 12.1 Å². The van der Waals surface area contributed by atoms with Crippen LogP contribution in [0, 0.1) is 17.0 Å². The maximum absolute atomic E-state index is 11.0. The van der Waals surface area contributed by atoms with Crippen molar-refractivity contribution in [1.29, 1.82) is 0 Å². The summed E-state index contributed by atoms with van der Waals surface area (Å²) in [6.07, 6.45) is 0.368. The molecule has 0 spiro atoms. The van der Waals surface area contributed by atoms with E-state index in [0.717, 1.165) is 6.26 Å². The SMILES string of the molecule is Cc1cccc(C(O)CCCOS(C)(=O)=O)c1[N+](=O)[O-]. The van der Waals surface area contributed by atoms with E-state index < -0.39 is 21.1 Å². The van der Waals surface area contributed by atoms with Crippen LogP contribution in [0.25, 0.3) is 0 Å². The van der Waals surface area contributed by atoms with Gasteiger partial charge in [-0.2, -0.15) is 8.42 Å². The summed E-state index contributed by atoms with van der Waals surface area (Å²) in [5, 5.41) is 21.0. The molecule has 0 aliphatic heterocycles. The summed E-state index contributed by atoms with van der Waals surface area (Å²) >= 11 is 0. The van der Waals surface area contributed by atoms with Crippen molar-refractivity contribution in [1.82, 2.24) is 0 Å². The molecule has 0 saturated carbocycles. The second kappa shape index (κ2) is 6.78. The highest BCUT2D eigenvalue weighted by Crippen LogP contribution is 2.30. The number of nitro groups is 1. The monoisotopic (exact) mass is 303 g/mol. The number of nitro benzene ring substituents is 1. The lowest BCUT2D eigenvalue weighted by atomic mass is 10.0. The number of hydrogen-bond donors (Lipinski definition) is 1. The maximum atomic E-state index is 11.0. The van der Waals surface area contributed by atoms with Crippen LogP contribution in [0.5, 0.6) is 0 Å². The summed E-state index contributed by atoms with van der Waals surface area (Å²) in [5.74, 6) is 0. The molecule has 1 atom stereocenters. The van der Waals surface area contributed by atoms with Gasteiger partial charge in [0.15, 0.2) is 0 Å². The minimum atomic E-state index is -3.50. The number of aliphatic hydroxyl groups excluding tert-OH is 1. The molecule has 1 N–H and O–H groups in total. The minimum Gasteiger partial charge on any atom is -0.388 e. The van der Waals surface area contributed by atoms with Crippen LogP contribution in [-0.4, -0.2) is 31.3 Å². The molecular formula is C12H17NO6S. The molecule has 1 aromatic carbocycles. The Morgan fingerprint density at radius 2 is 2.10 bits per heavy atom. The highest BCUT2D eigenvalue weighted by Gasteiger charge is 2.22. The van der Waals surface area contributed by atoms with Crippen molar-refractivity contribution in [3.8, 4) is 0 Å². The van der Waals surface area contributed by atoms with Gasteiger partial charge in [-0.25, -0.2) is 0 Å². The predicted molar refractivity (Wildman–Crippen MR) is 72.8 cm³/mol. The Balaban J connectivity index is 2.71. The van der Waals surface area contributed by atoms with Crippen LogP contribution in [-0.2, 0) is 14.3 Å². The first-order valence-corrected chi connectivity index (χ1v) is 7.80. The molecule has 0 aliphatic rings. The highest BCUT2D eigenvalue weighted by atomic mass is 32.2. The average molecular weight is 303 g/mol. The van der Waals surface area contributed by atoms with Gasteiger partial charge in [-0.05, 0) is 25.8 Å². The van der Waals surface area contributed by atoms with E-state index in [9.17, 15) is 23.6 Å². The highest BCUT2D eigenvalue weighted by molar-refractivity contribution is 7.85. The fourth-order valence-electron chi connectivity index (χ4n) is 1.84. The molecule has 8 heteroatoms. The largest absolute Gasteiger partial charge is 0.388 e. The van der Waals surface area contributed by atoms with Gasteiger partial charge in [0.05, 0.1) is 29.5 Å². The summed E-state index contributed by atoms with van der Waals surface area (Å²) in [5.41, 5.74) is 0.595. The van der Waals surface area contributed by atoms with Gasteiger partial charge >= 0.3 is 0 Å². The zero-order valence-corrected chi connectivity index (χ0v) is 12.1. The lowest BCUT2D eigenvalue weighted by Gasteiger charge is -2.12. The topological polar surface area (TPSA) is 107 Å². The second-order valence-electron chi connectivity index (χ2n) is 4.45. The molecule has 7 nitrogen and oxygen atoms in total. The Morgan fingerprint density at radius 1 is 1.45 bits per heavy atom. The van der Waals surface area contributed by atoms with E-state index in [0.29, 0.717) is 5.56 Å². The molecule has 1 unspecified atom stereocenters. The number of nitrogens with zero attached hydrogens (tertiary/aromatic N) is 1. The van der Waals surface area contributed by atoms with Crippen LogP contribution in [0.1, 0.15) is 30.1 Å². The number of benzene rings is 1. The molecule has 0 fully saturated rings. The molecule has 1 rings (SSSR count). The Bertz CT molecular complexity index is 584. The summed E-state index contributed by atoms with van der Waals surface area (Å²) in [7, 11) is -3.50. The van der Waals surface area contributed by atoms with Crippen molar-refractivity contribution in [2.24, 2.45) is 0 Å². The first-order valence-electron chi connectivity index (χ1n) is 5.98. The van der Waals surface area contributed by atoms with Crippen LogP contribution >= 0.6 is 0 Å². The molecule has 0 radical (unpaired) electrons. The Labute approximate surface area is 117 Å². The smallest absolute Gasteiger partial charge is 0.278 e. The standard InChI is InChI=1S/C12H17NO6S/c1-9-5-3-6-10(12(9)13(15)16)11(14)7-4-8-19-20(2,17)18/h3,5-6,11,14H,4,7-8H2,1-2H3. The van der Waals surface area contributed by atoms with Crippen molar-refractivity contribution in [2.45, 2.75) is 25.9 Å². The van der Waals surface area contributed by atoms with Gasteiger partial charge in [0.2, 0.25) is 0 Å². The number of aliphatic hydroxyl groups is 1. The zero-order valence-electron chi connectivity index (χ0n) is 11.3. The van der Waals surface area contributed by atoms with Gasteiger partial charge in [-0.15, -0.1) is 0 Å². The second-order valence-corrected chi connectivity index (χ2v) is 6.10. The fourth-order valence-corrected chi connectivity index (χ4v) is 2.26. The van der Waals surface area contributed by atoms with Crippen LogP contribution < -0.4 is 0 Å². The number of hydrogen-bond acceptors (Lipinski definition) is 6. The number of para-hydroxylation sites is 1. The molecule has 0 bridgehead atoms. The van der Waals surface area contributed by atoms with E-state index in [2.05, 4.69) is 4.18 Å². The molecule has 0 saturated heterocycles. The average Bonchev–Trinajstić information content (AvgIpc) is 2.32. The van der Waals surface area contributed by atoms with E-state index >= 15 is 0 Å². The fraction of sp³-hybridized carbons (Fsp3) is 0.500. The van der Waals surface area contributed by atoms with E-state index in [1.807, 2.05) is 0 Å². The van der Waals surface area contributed by atoms with Crippen molar-refractivity contribution < 1.29 is 22.6 Å². The molecule has 0 aromatic heterocycles. The van der Waals surface area contributed by atoms with E-state index in [1.54, 1.807) is 19.1 Å². The lowest BCUT2D eigenvalue weighted by molar-refractivity contribution is -0.386. The molecule has 0 aliphatic carbocycles. The van der Waals surface area contributed by atoms with Crippen LogP contribution in [0.2, 0.25) is 0 Å². The first kappa shape index (κ1) is 16.5. The third-order valence-corrected chi connectivity index (χ3v) is 3.32. The Kier molecular flexibility index (Phi) is 5.61. The molecule has 0 amide bonds. The van der Waals surface area contributed by atoms with Crippen LogP contribution in [0.15, 0.2) is 18.2 Å². The van der Waals surface area contributed by atoms with Gasteiger partial charge in [0.1, 0.15) is 0 Å². The summed E-state index contributed by atoms with van der Waals surface area (Å²) in [6.45, 7) is 1.54. The van der Waals surface area contributed by atoms with Gasteiger partial charge in [0.25, 0.3) is 15.8 Å². The quantitative estimate of drug-likeness (QED) is 0.355.